The molecule has 94 valence electrons. The summed E-state index contributed by atoms with van der Waals surface area (Å²) < 4.78 is 1.75. The molecule has 0 amide bonds. The first-order valence-corrected chi connectivity index (χ1v) is 6.12. The number of nitrogens with zero attached hydrogens (tertiary/aromatic N) is 2. The van der Waals surface area contributed by atoms with Crippen LogP contribution in [0.15, 0.2) is 12.1 Å². The molecule has 1 aromatic carbocycles. The Bertz CT molecular complexity index is 606. The molecular formula is C14H15ClN2O. The number of carbonyl (C=O) groups is 1. The second-order valence-electron chi connectivity index (χ2n) is 4.53. The number of hydrogen-bond donors (Lipinski definition) is 0. The number of aryl methyl sites for hydroxylation is 3. The third-order valence-corrected chi connectivity index (χ3v) is 3.36. The molecule has 4 heteroatoms. The van der Waals surface area contributed by atoms with Gasteiger partial charge in [0.15, 0.2) is 6.29 Å². The lowest BCUT2D eigenvalue weighted by atomic mass is 10.1. The van der Waals surface area contributed by atoms with Gasteiger partial charge >= 0.3 is 0 Å². The van der Waals surface area contributed by atoms with E-state index in [1.54, 1.807) is 4.68 Å². The van der Waals surface area contributed by atoms with Crippen LogP contribution in [0.25, 0.3) is 5.69 Å². The minimum absolute atomic E-state index is 0.631. The maximum Gasteiger partial charge on any atom is 0.153 e. The van der Waals surface area contributed by atoms with Crippen LogP contribution in [0.1, 0.15) is 32.9 Å². The van der Waals surface area contributed by atoms with Crippen LogP contribution >= 0.6 is 11.6 Å². The monoisotopic (exact) mass is 262 g/mol. The minimum atomic E-state index is 0.631. The zero-order valence-corrected chi connectivity index (χ0v) is 11.7. The fourth-order valence-electron chi connectivity index (χ4n) is 2.22. The zero-order chi connectivity index (χ0) is 13.4. The van der Waals surface area contributed by atoms with E-state index >= 15 is 0 Å². The summed E-state index contributed by atoms with van der Waals surface area (Å²) in [7, 11) is 0. The van der Waals surface area contributed by atoms with E-state index in [1.165, 1.54) is 0 Å². The Morgan fingerprint density at radius 2 is 1.89 bits per heavy atom. The summed E-state index contributed by atoms with van der Waals surface area (Å²) in [6.07, 6.45) is 0.839. The topological polar surface area (TPSA) is 34.9 Å². The smallest absolute Gasteiger partial charge is 0.153 e. The quantitative estimate of drug-likeness (QED) is 0.776. The molecule has 0 aliphatic heterocycles. The van der Waals surface area contributed by atoms with Crippen LogP contribution in [0, 0.1) is 27.7 Å². The summed E-state index contributed by atoms with van der Waals surface area (Å²) in [4.78, 5) is 11.0. The van der Waals surface area contributed by atoms with Gasteiger partial charge in [-0.05, 0) is 44.9 Å². The summed E-state index contributed by atoms with van der Waals surface area (Å²) >= 11 is 6.30. The fourth-order valence-corrected chi connectivity index (χ4v) is 2.62. The number of benzene rings is 1. The number of aldehydes is 1. The van der Waals surface area contributed by atoms with Gasteiger partial charge in [-0.1, -0.05) is 17.7 Å². The van der Waals surface area contributed by atoms with Crippen molar-refractivity contribution in [3.05, 3.63) is 45.2 Å². The summed E-state index contributed by atoms with van der Waals surface area (Å²) in [5.74, 6) is 0. The van der Waals surface area contributed by atoms with Crippen LogP contribution in [-0.2, 0) is 0 Å². The van der Waals surface area contributed by atoms with Gasteiger partial charge in [0.25, 0.3) is 0 Å². The Labute approximate surface area is 111 Å². The maximum atomic E-state index is 11.0. The molecule has 2 rings (SSSR count). The van der Waals surface area contributed by atoms with Crippen LogP contribution in [0.5, 0.6) is 0 Å². The molecule has 18 heavy (non-hydrogen) atoms. The summed E-state index contributed by atoms with van der Waals surface area (Å²) in [6.45, 7) is 7.69. The van der Waals surface area contributed by atoms with Crippen molar-refractivity contribution in [1.29, 1.82) is 0 Å². The number of aromatic nitrogens is 2. The molecule has 3 nitrogen and oxygen atoms in total. The summed E-state index contributed by atoms with van der Waals surface area (Å²) in [5.41, 5.74) is 5.17. The van der Waals surface area contributed by atoms with Gasteiger partial charge < -0.3 is 0 Å². The highest BCUT2D eigenvalue weighted by molar-refractivity contribution is 6.32. The molecule has 0 saturated carbocycles. The number of carbonyl (C=O) groups excluding carboxylic acids is 1. The van der Waals surface area contributed by atoms with Crippen molar-refractivity contribution in [2.24, 2.45) is 0 Å². The average molecular weight is 263 g/mol. The lowest BCUT2D eigenvalue weighted by Gasteiger charge is -2.11. The first-order valence-electron chi connectivity index (χ1n) is 5.74. The van der Waals surface area contributed by atoms with Gasteiger partial charge in [-0.3, -0.25) is 4.79 Å². The van der Waals surface area contributed by atoms with E-state index < -0.39 is 0 Å². The van der Waals surface area contributed by atoms with Crippen molar-refractivity contribution < 1.29 is 4.79 Å². The fraction of sp³-hybridized carbons (Fsp3) is 0.286. The van der Waals surface area contributed by atoms with E-state index in [9.17, 15) is 4.79 Å². The van der Waals surface area contributed by atoms with Gasteiger partial charge in [0.2, 0.25) is 0 Å². The molecule has 0 bridgehead atoms. The van der Waals surface area contributed by atoms with E-state index in [2.05, 4.69) is 11.2 Å². The molecule has 0 spiro atoms. The van der Waals surface area contributed by atoms with E-state index in [1.807, 2.05) is 33.8 Å². The van der Waals surface area contributed by atoms with Crippen molar-refractivity contribution in [2.75, 3.05) is 0 Å². The Hall–Kier alpha value is -1.61. The van der Waals surface area contributed by atoms with E-state index in [-0.39, 0.29) is 0 Å². The van der Waals surface area contributed by atoms with Gasteiger partial charge in [0, 0.05) is 0 Å². The minimum Gasteiger partial charge on any atom is -0.298 e. The molecular weight excluding hydrogens is 248 g/mol. The van der Waals surface area contributed by atoms with Gasteiger partial charge in [-0.2, -0.15) is 5.10 Å². The Morgan fingerprint density at radius 3 is 2.39 bits per heavy atom. The van der Waals surface area contributed by atoms with Crippen LogP contribution in [-0.4, -0.2) is 16.1 Å². The standard InChI is InChI=1S/C14H15ClN2O/c1-8-5-9(2)14(13(15)6-8)17-11(4)12(7-18)10(3)16-17/h5-7H,1-4H3. The van der Waals surface area contributed by atoms with Crippen molar-refractivity contribution in [3.8, 4) is 5.69 Å². The van der Waals surface area contributed by atoms with Crippen molar-refractivity contribution in [3.63, 3.8) is 0 Å². The molecule has 1 aromatic heterocycles. The SMILES string of the molecule is Cc1cc(C)c(-n2nc(C)c(C=O)c2C)c(Cl)c1. The Kier molecular flexibility index (Phi) is 3.26. The van der Waals surface area contributed by atoms with Crippen LogP contribution < -0.4 is 0 Å². The third-order valence-electron chi connectivity index (χ3n) is 3.08. The lowest BCUT2D eigenvalue weighted by molar-refractivity contribution is 0.112. The van der Waals surface area contributed by atoms with Crippen molar-refractivity contribution >= 4 is 17.9 Å². The maximum absolute atomic E-state index is 11.0. The Balaban J connectivity index is 2.74. The van der Waals surface area contributed by atoms with Crippen LogP contribution in [0.2, 0.25) is 5.02 Å². The largest absolute Gasteiger partial charge is 0.298 e. The normalized spacial score (nSPS) is 10.7. The first-order chi connectivity index (χ1) is 8.45. The average Bonchev–Trinajstić information content (AvgIpc) is 2.53. The second-order valence-corrected chi connectivity index (χ2v) is 4.93. The summed E-state index contributed by atoms with van der Waals surface area (Å²) in [5, 5.41) is 5.05. The van der Waals surface area contributed by atoms with E-state index in [4.69, 9.17) is 11.6 Å². The van der Waals surface area contributed by atoms with E-state index in [0.29, 0.717) is 10.6 Å². The highest BCUT2D eigenvalue weighted by Crippen LogP contribution is 2.27. The molecule has 2 aromatic rings. The van der Waals surface area contributed by atoms with E-state index in [0.717, 1.165) is 34.5 Å². The van der Waals surface area contributed by atoms with Crippen LogP contribution in [0.3, 0.4) is 0 Å². The zero-order valence-electron chi connectivity index (χ0n) is 10.9. The van der Waals surface area contributed by atoms with Crippen molar-refractivity contribution in [2.45, 2.75) is 27.7 Å². The third kappa shape index (κ3) is 1.95. The van der Waals surface area contributed by atoms with Crippen molar-refractivity contribution in [1.82, 2.24) is 9.78 Å². The van der Waals surface area contributed by atoms with Gasteiger partial charge in [-0.15, -0.1) is 0 Å². The number of halogens is 1. The molecule has 0 saturated heterocycles. The molecule has 0 atom stereocenters. The lowest BCUT2D eigenvalue weighted by Crippen LogP contribution is -2.03. The molecule has 0 unspecified atom stereocenters. The predicted octanol–water partition coefficient (Wildman–Crippen LogP) is 3.57. The second kappa shape index (κ2) is 4.58. The summed E-state index contributed by atoms with van der Waals surface area (Å²) in [6, 6.07) is 3.96. The molecule has 0 N–H and O–H groups in total. The highest BCUT2D eigenvalue weighted by Gasteiger charge is 2.16. The molecule has 0 aliphatic carbocycles. The molecule has 1 heterocycles. The number of rotatable bonds is 2. The predicted molar refractivity (Wildman–Crippen MR) is 72.9 cm³/mol. The first kappa shape index (κ1) is 12.8. The van der Waals surface area contributed by atoms with Gasteiger partial charge in [0.1, 0.15) is 0 Å². The van der Waals surface area contributed by atoms with Gasteiger partial charge in [-0.25, -0.2) is 4.68 Å². The highest BCUT2D eigenvalue weighted by atomic mass is 35.5. The molecule has 0 fully saturated rings. The number of hydrogen-bond acceptors (Lipinski definition) is 2. The Morgan fingerprint density at radius 1 is 1.22 bits per heavy atom. The van der Waals surface area contributed by atoms with Gasteiger partial charge in [0.05, 0.1) is 27.7 Å². The van der Waals surface area contributed by atoms with Crippen LogP contribution in [0.4, 0.5) is 0 Å². The molecule has 0 aliphatic rings. The molecule has 0 radical (unpaired) electrons.